The molecular formula is C87H133N27O19S2. The quantitative estimate of drug-likeness (QED) is 0.00756. The summed E-state index contributed by atoms with van der Waals surface area (Å²) >= 11 is 2.34. The van der Waals surface area contributed by atoms with Crippen LogP contribution in [0.2, 0.25) is 0 Å². The van der Waals surface area contributed by atoms with Gasteiger partial charge in [-0.2, -0.15) is 11.8 Å². The fourth-order valence-electron chi connectivity index (χ4n) is 13.9. The predicted octanol–water partition coefficient (Wildman–Crippen LogP) is -4.44. The number of phenols is 1. The Hall–Kier alpha value is -13.3. The zero-order valence-corrected chi connectivity index (χ0v) is 78.3. The van der Waals surface area contributed by atoms with Crippen molar-refractivity contribution in [2.45, 2.75) is 222 Å². The van der Waals surface area contributed by atoms with Gasteiger partial charge in [0.15, 0.2) is 11.9 Å². The van der Waals surface area contributed by atoms with Gasteiger partial charge in [0.2, 0.25) is 94.5 Å². The first-order valence-corrected chi connectivity index (χ1v) is 47.0. The molecule has 5 rings (SSSR count). The van der Waals surface area contributed by atoms with Crippen LogP contribution in [-0.4, -0.2) is 274 Å². The third-order valence-corrected chi connectivity index (χ3v) is 22.7. The fraction of sp³-hybridized carbons (Fsp3) is 0.529. The maximum absolute atomic E-state index is 15.4. The van der Waals surface area contributed by atoms with E-state index in [1.165, 1.54) is 56.8 Å². The lowest BCUT2D eigenvalue weighted by molar-refractivity contribution is -0.138. The molecule has 0 aliphatic heterocycles. The average Bonchev–Trinajstić information content (AvgIpc) is 1.66. The van der Waals surface area contributed by atoms with Crippen molar-refractivity contribution >= 4 is 158 Å². The van der Waals surface area contributed by atoms with Crippen LogP contribution in [-0.2, 0) is 101 Å². The number of unbranched alkanes of at least 4 members (excludes halogenated alkanes) is 2. The van der Waals surface area contributed by atoms with Crippen LogP contribution in [0.4, 0.5) is 0 Å². The minimum Gasteiger partial charge on any atom is -0.508 e. The average molecular weight is 1930 g/mol. The van der Waals surface area contributed by atoms with E-state index < -0.39 is 211 Å². The number of aromatic hydroxyl groups is 1. The molecule has 48 heteroatoms. The van der Waals surface area contributed by atoms with Gasteiger partial charge in [0.1, 0.15) is 84.8 Å². The van der Waals surface area contributed by atoms with Crippen LogP contribution >= 0.6 is 23.5 Å². The minimum atomic E-state index is -1.76. The highest BCUT2D eigenvalue weighted by atomic mass is 32.2. The minimum absolute atomic E-state index is 0.0000859. The summed E-state index contributed by atoms with van der Waals surface area (Å²) in [4.78, 5) is 245. The van der Waals surface area contributed by atoms with Gasteiger partial charge in [-0.25, -0.2) is 0 Å². The molecule has 35 N–H and O–H groups in total. The molecule has 13 atom stereocenters. The van der Waals surface area contributed by atoms with E-state index in [1.54, 1.807) is 81.0 Å². The normalized spacial score (nSPS) is 14.0. The fourth-order valence-corrected chi connectivity index (χ4v) is 15.3. The van der Waals surface area contributed by atoms with Gasteiger partial charge in [-0.1, -0.05) is 62.4 Å². The van der Waals surface area contributed by atoms with Crippen LogP contribution in [0.15, 0.2) is 85.2 Å². The van der Waals surface area contributed by atoms with E-state index >= 15 is 19.2 Å². The largest absolute Gasteiger partial charge is 0.508 e. The SMILES string of the molecule is CSCC[C@H](NC(=O)[C@H](C)NC(=O)[C@H](Cc1c[nH]c2ccccc12)NC(=O)[C@H](CCC(N)=O)NC(=O)[C@H](Cc1c[nH]c2ccccc12)NC(=O)[C@H](CCCNC(=N)N)NC(=O)[C@H](CC(C)C)NC(=O)[C@H](CSCNC(C)=O)NC(=O)[C@H](CCCCN)NC(=O)[C@H](C)N)C(=O)N[C@@H](CCCNC(=N)N)C(=O)N[C@@H](CCCCN)C(=O)N[C@@H](Cc1ccc(O)cc1)C(=O)NCC(=O)NCC(=O)O. The van der Waals surface area contributed by atoms with Crippen molar-refractivity contribution in [2.75, 3.05) is 62.9 Å². The monoisotopic (exact) mass is 1920 g/mol. The number of carboxylic acid groups (broad SMARTS) is 1. The number of primary amides is 1. The lowest BCUT2D eigenvalue weighted by Gasteiger charge is -2.29. The van der Waals surface area contributed by atoms with Gasteiger partial charge >= 0.3 is 5.97 Å². The number of fused-ring (bicyclic) bond motifs is 2. The number of carboxylic acids is 1. The second-order valence-corrected chi connectivity index (χ2v) is 34.8. The van der Waals surface area contributed by atoms with Gasteiger partial charge < -0.3 is 145 Å². The van der Waals surface area contributed by atoms with Gasteiger partial charge in [0, 0.05) is 85.6 Å². The number of carbonyl (C=O) groups is 17. The number of rotatable bonds is 63. The Kier molecular flexibility index (Phi) is 49.3. The Labute approximate surface area is 789 Å². The maximum atomic E-state index is 15.4. The standard InChI is InChI=1S/C87H133N27O19S2/c1-47(2)37-65(110-85(133)69(45-135-46-102-50(5)115)114-79(127)59(21-11-13-32-88)104-73(121)48(3)90)83(131)108-62(24-16-35-97-87(94)95)78(126)113-68(40-53-42-99-58-20-10-8-18-56(53)58)84(132)109-63(29-30-70(91)117)80(128)112-67(39-52-41-98-57-19-9-7-17-55(52)57)82(130)103-49(4)74(122)105-64(31-36-134-6)81(129)107-61(23-15-34-96-86(92)93)76(124)106-60(22-12-14-33-89)77(125)111-66(38-51-25-27-54(116)28-26-51)75(123)101-43-71(118)100-44-72(119)120/h7-10,17-20,25-28,41-42,47-49,59-69,98-99,116H,11-16,21-24,29-40,43-46,88-90H2,1-6H3,(H2,91,117)(H,100,118)(H,101,123)(H,102,115)(H,103,130)(H,104,121)(H,105,122)(H,106,124)(H,107,129)(H,108,131)(H,109,132)(H,110,133)(H,111,125)(H,112,128)(H,113,126)(H,114,127)(H,119,120)(H4,92,93,96)(H4,94,95,97)/t48-,49-,59-,60-,61-,62-,63-,64-,65-,66-,67-,68-,69-/m0/s1. The number of aromatic amines is 2. The van der Waals surface area contributed by atoms with E-state index in [0.29, 0.717) is 57.8 Å². The lowest BCUT2D eigenvalue weighted by atomic mass is 10.0. The molecule has 0 bridgehead atoms. The van der Waals surface area contributed by atoms with Crippen LogP contribution in [0.1, 0.15) is 141 Å². The summed E-state index contributed by atoms with van der Waals surface area (Å²) in [6, 6.07) is 0.552. The zero-order chi connectivity index (χ0) is 99.8. The number of phenolic OH excluding ortho intramolecular Hbond substituents is 1. The van der Waals surface area contributed by atoms with Crippen LogP contribution in [0.3, 0.4) is 0 Å². The number of H-pyrrole nitrogens is 2. The Morgan fingerprint density at radius 3 is 1.25 bits per heavy atom. The Balaban J connectivity index is 1.48. The number of para-hydroxylation sites is 2. The Morgan fingerprint density at radius 1 is 0.422 bits per heavy atom. The molecule has 3 aromatic carbocycles. The van der Waals surface area contributed by atoms with Crippen LogP contribution < -0.4 is 125 Å². The van der Waals surface area contributed by atoms with E-state index in [9.17, 15) is 67.4 Å². The third kappa shape index (κ3) is 41.4. The molecule has 742 valence electrons. The first-order chi connectivity index (χ1) is 64.2. The second-order valence-electron chi connectivity index (χ2n) is 32.8. The second kappa shape index (κ2) is 59.3. The molecule has 0 aliphatic carbocycles. The number of hydrogen-bond donors (Lipinski definition) is 29. The predicted molar refractivity (Wildman–Crippen MR) is 508 cm³/mol. The highest BCUT2D eigenvalue weighted by molar-refractivity contribution is 7.99. The smallest absolute Gasteiger partial charge is 0.322 e. The number of amides is 16. The summed E-state index contributed by atoms with van der Waals surface area (Å²) < 4.78 is 0. The first kappa shape index (κ1) is 112. The lowest BCUT2D eigenvalue weighted by Crippen LogP contribution is -2.61. The number of thioether (sulfide) groups is 2. The van der Waals surface area contributed by atoms with Crippen LogP contribution in [0.5, 0.6) is 5.75 Å². The number of hydrogen-bond acceptors (Lipinski definition) is 25. The van der Waals surface area contributed by atoms with Crippen LogP contribution in [0, 0.1) is 16.7 Å². The van der Waals surface area contributed by atoms with Crippen molar-refractivity contribution in [2.24, 2.45) is 40.3 Å². The summed E-state index contributed by atoms with van der Waals surface area (Å²) in [5.41, 5.74) is 37.0. The van der Waals surface area contributed by atoms with Crippen molar-refractivity contribution in [3.63, 3.8) is 0 Å². The molecule has 0 spiro atoms. The topological polar surface area (TPSA) is 771 Å². The number of carbonyl (C=O) groups excluding carboxylic acids is 16. The van der Waals surface area contributed by atoms with Gasteiger partial charge in [-0.15, -0.1) is 11.8 Å². The van der Waals surface area contributed by atoms with Gasteiger partial charge in [0.05, 0.1) is 18.5 Å². The molecule has 2 heterocycles. The molecule has 0 fully saturated rings. The summed E-state index contributed by atoms with van der Waals surface area (Å²) in [7, 11) is 0. The molecular weight excluding hydrogens is 1790 g/mol. The van der Waals surface area contributed by atoms with Crippen molar-refractivity contribution in [1.82, 2.24) is 100 Å². The molecule has 46 nitrogen and oxygen atoms in total. The number of nitrogens with two attached hydrogens (primary N) is 6. The van der Waals surface area contributed by atoms with Gasteiger partial charge in [-0.05, 0) is 169 Å². The Morgan fingerprint density at radius 2 is 0.815 bits per heavy atom. The summed E-state index contributed by atoms with van der Waals surface area (Å²) in [5, 5.41) is 80.3. The van der Waals surface area contributed by atoms with E-state index in [-0.39, 0.29) is 138 Å². The number of nitrogens with one attached hydrogen (secondary N) is 21. The summed E-state index contributed by atoms with van der Waals surface area (Å²) in [5.74, 6) is -16.6. The van der Waals surface area contributed by atoms with Gasteiger partial charge in [-0.3, -0.25) is 92.3 Å². The van der Waals surface area contributed by atoms with Crippen LogP contribution in [0.25, 0.3) is 21.8 Å². The highest BCUT2D eigenvalue weighted by Crippen LogP contribution is 2.23. The molecule has 16 amide bonds. The summed E-state index contributed by atoms with van der Waals surface area (Å²) in [6.07, 6.45) is 4.13. The van der Waals surface area contributed by atoms with Crippen molar-refractivity contribution in [1.29, 1.82) is 10.8 Å². The number of guanidine groups is 2. The first-order valence-electron chi connectivity index (χ1n) is 44.4. The maximum Gasteiger partial charge on any atom is 0.322 e. The van der Waals surface area contributed by atoms with Crippen molar-refractivity contribution in [3.05, 3.63) is 102 Å². The van der Waals surface area contributed by atoms with Gasteiger partial charge in [0.25, 0.3) is 0 Å². The van der Waals surface area contributed by atoms with E-state index in [2.05, 4.69) is 100 Å². The molecule has 0 saturated heterocycles. The zero-order valence-electron chi connectivity index (χ0n) is 76.7. The third-order valence-electron chi connectivity index (χ3n) is 21.1. The van der Waals surface area contributed by atoms with E-state index in [1.807, 2.05) is 0 Å². The summed E-state index contributed by atoms with van der Waals surface area (Å²) in [6.45, 7) is 6.51. The van der Waals surface area contributed by atoms with E-state index in [0.717, 1.165) is 11.8 Å². The molecule has 0 aliphatic rings. The number of aliphatic carboxylic acids is 1. The molecule has 0 saturated carbocycles. The highest BCUT2D eigenvalue weighted by Gasteiger charge is 2.39. The number of aromatic nitrogens is 2. The molecule has 0 radical (unpaired) electrons. The Bertz CT molecular complexity index is 4840. The molecule has 0 unspecified atom stereocenters. The number of benzene rings is 3. The molecule has 5 aromatic rings. The molecule has 2 aromatic heterocycles. The van der Waals surface area contributed by atoms with E-state index in [4.69, 9.17) is 50.3 Å². The van der Waals surface area contributed by atoms with Crippen molar-refractivity contribution < 1.29 is 91.7 Å². The van der Waals surface area contributed by atoms with Crippen molar-refractivity contribution in [3.8, 4) is 5.75 Å². The molecule has 135 heavy (non-hydrogen) atoms.